The van der Waals surface area contributed by atoms with Crippen LogP contribution in [0.3, 0.4) is 0 Å². The largest absolute Gasteiger partial charge is 0.107 e. The van der Waals surface area contributed by atoms with Gasteiger partial charge in [0.2, 0.25) is 0 Å². The van der Waals surface area contributed by atoms with Gasteiger partial charge in [-0.2, -0.15) is 0 Å². The lowest BCUT2D eigenvalue weighted by atomic mass is 10.4. The van der Waals surface area contributed by atoms with Crippen molar-refractivity contribution in [2.45, 2.75) is 22.5 Å². The van der Waals surface area contributed by atoms with Crippen molar-refractivity contribution in [1.29, 1.82) is 0 Å². The summed E-state index contributed by atoms with van der Waals surface area (Å²) in [7, 11) is 0. The molecule has 0 saturated carbocycles. The maximum Gasteiger partial charge on any atom is 0.107 e. The van der Waals surface area contributed by atoms with Crippen molar-refractivity contribution in [1.82, 2.24) is 0 Å². The molecule has 0 fully saturated rings. The molecule has 50 valence electrons. The predicted molar refractivity (Wildman–Crippen MR) is 40.2 cm³/mol. The number of hydrogen-bond donors (Lipinski definition) is 0. The minimum Gasteiger partial charge on any atom is -0.105 e. The van der Waals surface area contributed by atoms with Gasteiger partial charge in [0, 0.05) is 0 Å². The van der Waals surface area contributed by atoms with E-state index >= 15 is 0 Å². The van der Waals surface area contributed by atoms with Crippen LogP contribution in [-0.4, -0.2) is 9.67 Å². The summed E-state index contributed by atoms with van der Waals surface area (Å²) in [5.74, 6) is 0. The van der Waals surface area contributed by atoms with Crippen LogP contribution in [-0.2, 0) is 0 Å². The number of hydrogen-bond acceptors (Lipinski definition) is 0. The third-order valence-corrected chi connectivity index (χ3v) is 1.48. The van der Waals surface area contributed by atoms with Crippen LogP contribution >= 0.6 is 46.4 Å². The molecule has 0 aromatic heterocycles. The molecule has 0 aliphatic rings. The van der Waals surface area contributed by atoms with E-state index in [1.807, 2.05) is 0 Å². The van der Waals surface area contributed by atoms with Gasteiger partial charge in [0.25, 0.3) is 0 Å². The van der Waals surface area contributed by atoms with Crippen LogP contribution in [0.1, 0.15) is 12.8 Å². The Bertz CT molecular complexity index is 44.0. The van der Waals surface area contributed by atoms with Crippen LogP contribution in [0.2, 0.25) is 0 Å². The molecule has 0 nitrogen and oxygen atoms in total. The first kappa shape index (κ1) is 9.16. The Balaban J connectivity index is 2.93. The van der Waals surface area contributed by atoms with Crippen LogP contribution in [0, 0.1) is 0 Å². The monoisotopic (exact) mass is 194 g/mol. The van der Waals surface area contributed by atoms with Crippen molar-refractivity contribution in [2.24, 2.45) is 0 Å². The van der Waals surface area contributed by atoms with Gasteiger partial charge in [-0.1, -0.05) is 0 Å². The normalized spacial score (nSPS) is 11.2. The molecule has 0 aromatic carbocycles. The maximum atomic E-state index is 5.37. The minimum absolute atomic E-state index is 0.338. The second-order valence-corrected chi connectivity index (χ2v) is 3.91. The highest BCUT2D eigenvalue weighted by Crippen LogP contribution is 2.16. The van der Waals surface area contributed by atoms with Crippen molar-refractivity contribution in [3.63, 3.8) is 0 Å². The molecule has 0 N–H and O–H groups in total. The van der Waals surface area contributed by atoms with Gasteiger partial charge in [0.15, 0.2) is 0 Å². The molecule has 4 heteroatoms. The second-order valence-electron chi connectivity index (χ2n) is 1.36. The van der Waals surface area contributed by atoms with Crippen molar-refractivity contribution in [3.8, 4) is 0 Å². The first-order chi connectivity index (χ1) is 3.63. The molecule has 8 heavy (non-hydrogen) atoms. The van der Waals surface area contributed by atoms with E-state index in [0.717, 1.165) is 0 Å². The molecule has 0 bridgehead atoms. The van der Waals surface area contributed by atoms with Gasteiger partial charge < -0.3 is 0 Å². The molecule has 0 saturated heterocycles. The standard InChI is InChI=1S/C4H6Cl4/c5-3(6)1-2-4(7)8/h3-4H,1-2H2. The second kappa shape index (κ2) is 4.99. The summed E-state index contributed by atoms with van der Waals surface area (Å²) in [6.45, 7) is 0. The predicted octanol–water partition coefficient (Wildman–Crippen LogP) is 3.37. The molecule has 0 heterocycles. The van der Waals surface area contributed by atoms with Gasteiger partial charge in [-0.15, -0.1) is 46.4 Å². The lowest BCUT2D eigenvalue weighted by Crippen LogP contribution is -1.92. The summed E-state index contributed by atoms with van der Waals surface area (Å²) in [5, 5.41) is 0. The molecule has 0 aliphatic heterocycles. The van der Waals surface area contributed by atoms with Crippen LogP contribution in [0.4, 0.5) is 0 Å². The molecular formula is C4H6Cl4. The van der Waals surface area contributed by atoms with E-state index in [0.29, 0.717) is 12.8 Å². The van der Waals surface area contributed by atoms with Crippen molar-refractivity contribution in [2.75, 3.05) is 0 Å². The third-order valence-electron chi connectivity index (χ3n) is 0.603. The molecule has 0 atom stereocenters. The Morgan fingerprint density at radius 1 is 0.750 bits per heavy atom. The average molecular weight is 196 g/mol. The van der Waals surface area contributed by atoms with Crippen LogP contribution in [0.25, 0.3) is 0 Å². The van der Waals surface area contributed by atoms with E-state index in [4.69, 9.17) is 46.4 Å². The highest BCUT2D eigenvalue weighted by Gasteiger charge is 2.02. The smallest absolute Gasteiger partial charge is 0.105 e. The third kappa shape index (κ3) is 7.16. The highest BCUT2D eigenvalue weighted by molar-refractivity contribution is 6.45. The lowest BCUT2D eigenvalue weighted by molar-refractivity contribution is 0.836. The topological polar surface area (TPSA) is 0 Å². The van der Waals surface area contributed by atoms with Gasteiger partial charge in [-0.05, 0) is 12.8 Å². The molecular weight excluding hydrogens is 190 g/mol. The van der Waals surface area contributed by atoms with E-state index in [1.165, 1.54) is 0 Å². The van der Waals surface area contributed by atoms with E-state index < -0.39 is 0 Å². The quantitative estimate of drug-likeness (QED) is 0.606. The lowest BCUT2D eigenvalue weighted by Gasteiger charge is -1.99. The summed E-state index contributed by atoms with van der Waals surface area (Å²) in [4.78, 5) is -0.676. The molecule has 0 rings (SSSR count). The van der Waals surface area contributed by atoms with Crippen molar-refractivity contribution in [3.05, 3.63) is 0 Å². The molecule has 0 spiro atoms. The fourth-order valence-electron chi connectivity index (χ4n) is 0.252. The van der Waals surface area contributed by atoms with E-state index in [1.54, 1.807) is 0 Å². The Morgan fingerprint density at radius 3 is 1.12 bits per heavy atom. The first-order valence-electron chi connectivity index (χ1n) is 2.19. The molecule has 0 radical (unpaired) electrons. The Hall–Kier alpha value is 1.16. The molecule has 0 aromatic rings. The fraction of sp³-hybridized carbons (Fsp3) is 1.00. The van der Waals surface area contributed by atoms with Gasteiger partial charge in [-0.25, -0.2) is 0 Å². The Kier molecular flexibility index (Phi) is 5.71. The highest BCUT2D eigenvalue weighted by atomic mass is 35.5. The molecule has 0 amide bonds. The van der Waals surface area contributed by atoms with Crippen molar-refractivity contribution >= 4 is 46.4 Å². The molecule has 0 unspecified atom stereocenters. The van der Waals surface area contributed by atoms with E-state index in [2.05, 4.69) is 0 Å². The average Bonchev–Trinajstić information content (AvgIpc) is 1.61. The fourth-order valence-corrected chi connectivity index (χ4v) is 0.756. The summed E-state index contributed by atoms with van der Waals surface area (Å²) >= 11 is 21.5. The zero-order valence-electron chi connectivity index (χ0n) is 4.08. The van der Waals surface area contributed by atoms with Crippen LogP contribution < -0.4 is 0 Å². The van der Waals surface area contributed by atoms with E-state index in [-0.39, 0.29) is 9.67 Å². The summed E-state index contributed by atoms with van der Waals surface area (Å²) < 4.78 is 0. The summed E-state index contributed by atoms with van der Waals surface area (Å²) in [5.41, 5.74) is 0. The first-order valence-corrected chi connectivity index (χ1v) is 3.94. The number of alkyl halides is 4. The number of halogens is 4. The van der Waals surface area contributed by atoms with Crippen LogP contribution in [0.5, 0.6) is 0 Å². The minimum atomic E-state index is -0.338. The van der Waals surface area contributed by atoms with Crippen molar-refractivity contribution < 1.29 is 0 Å². The zero-order valence-corrected chi connectivity index (χ0v) is 7.10. The van der Waals surface area contributed by atoms with Gasteiger partial charge in [0.05, 0.1) is 0 Å². The Morgan fingerprint density at radius 2 is 1.00 bits per heavy atom. The molecule has 0 aliphatic carbocycles. The van der Waals surface area contributed by atoms with Crippen LogP contribution in [0.15, 0.2) is 0 Å². The summed E-state index contributed by atoms with van der Waals surface area (Å²) in [6, 6.07) is 0. The zero-order chi connectivity index (χ0) is 6.57. The number of rotatable bonds is 3. The maximum absolute atomic E-state index is 5.37. The summed E-state index contributed by atoms with van der Waals surface area (Å²) in [6.07, 6.45) is 1.31. The van der Waals surface area contributed by atoms with Gasteiger partial charge >= 0.3 is 0 Å². The Labute approximate surface area is 69.0 Å². The van der Waals surface area contributed by atoms with E-state index in [9.17, 15) is 0 Å². The van der Waals surface area contributed by atoms with Gasteiger partial charge in [-0.3, -0.25) is 0 Å². The SMILES string of the molecule is ClC(Cl)CCC(Cl)Cl. The van der Waals surface area contributed by atoms with Gasteiger partial charge in [0.1, 0.15) is 9.67 Å².